The Hall–Kier alpha value is -2.82. The van der Waals surface area contributed by atoms with Gasteiger partial charge in [-0.1, -0.05) is 48.9 Å². The molecule has 0 unspecified atom stereocenters. The zero-order valence-electron chi connectivity index (χ0n) is 17.9. The Morgan fingerprint density at radius 1 is 0.742 bits per heavy atom. The maximum Gasteiger partial charge on any atom is 0.170 e. The summed E-state index contributed by atoms with van der Waals surface area (Å²) in [5.41, 5.74) is 1.33. The van der Waals surface area contributed by atoms with Crippen LogP contribution in [-0.4, -0.2) is 31.1 Å². The van der Waals surface area contributed by atoms with Crippen LogP contribution in [0.15, 0.2) is 78.9 Å². The minimum atomic E-state index is 0.444. The van der Waals surface area contributed by atoms with E-state index in [9.17, 15) is 0 Å². The fourth-order valence-corrected chi connectivity index (χ4v) is 4.60. The van der Waals surface area contributed by atoms with E-state index in [1.54, 1.807) is 0 Å². The maximum atomic E-state index is 6.34. The summed E-state index contributed by atoms with van der Waals surface area (Å²) >= 11 is 0. The Bertz CT molecular complexity index is 967. The minimum Gasteiger partial charge on any atom is -0.453 e. The van der Waals surface area contributed by atoms with E-state index in [0.717, 1.165) is 55.1 Å². The largest absolute Gasteiger partial charge is 0.453 e. The molecule has 4 heteroatoms. The number of ether oxygens (including phenoxy) is 2. The average molecular weight is 415 g/mol. The van der Waals surface area contributed by atoms with Gasteiger partial charge in [-0.2, -0.15) is 0 Å². The first-order valence-corrected chi connectivity index (χ1v) is 11.4. The van der Waals surface area contributed by atoms with Gasteiger partial charge < -0.3 is 14.8 Å². The highest BCUT2D eigenvalue weighted by Gasteiger charge is 2.34. The van der Waals surface area contributed by atoms with E-state index in [-0.39, 0.29) is 0 Å². The number of nitrogens with one attached hydrogen (secondary N) is 1. The van der Waals surface area contributed by atoms with Crippen LogP contribution in [0.5, 0.6) is 23.0 Å². The van der Waals surface area contributed by atoms with E-state index in [0.29, 0.717) is 6.04 Å². The van der Waals surface area contributed by atoms with Gasteiger partial charge in [-0.05, 0) is 60.7 Å². The molecule has 5 rings (SSSR count). The van der Waals surface area contributed by atoms with Crippen molar-refractivity contribution in [1.82, 2.24) is 10.2 Å². The van der Waals surface area contributed by atoms with E-state index in [4.69, 9.17) is 9.47 Å². The van der Waals surface area contributed by atoms with Crippen molar-refractivity contribution in [2.45, 2.75) is 25.3 Å². The smallest absolute Gasteiger partial charge is 0.170 e. The number of hydrogen-bond acceptors (Lipinski definition) is 4. The standard InChI is InChI=1S/C27H30N2O2/c1-3-10-23(11-4-1)30-25-15-14-22(20-26(25)31-24-12-5-2-6-13-24)27(21-8-7-9-21)29-18-16-28-17-19-29/h1-6,10-15,20-21,27-28H,7-9,16-19H2/t27-/m1/s1. The molecule has 0 bridgehead atoms. The zero-order valence-corrected chi connectivity index (χ0v) is 17.9. The van der Waals surface area contributed by atoms with Crippen LogP contribution >= 0.6 is 0 Å². The third-order valence-electron chi connectivity index (χ3n) is 6.39. The SMILES string of the molecule is c1ccc(Oc2ccc([C@@H](C3CCC3)N3CCNCC3)cc2Oc2ccccc2)cc1. The Labute approximate surface area is 184 Å². The van der Waals surface area contributed by atoms with Gasteiger partial charge in [0, 0.05) is 32.2 Å². The van der Waals surface area contributed by atoms with Crippen LogP contribution in [-0.2, 0) is 0 Å². The topological polar surface area (TPSA) is 33.7 Å². The summed E-state index contributed by atoms with van der Waals surface area (Å²) in [6, 6.07) is 26.8. The van der Waals surface area contributed by atoms with Crippen LogP contribution in [0.1, 0.15) is 30.9 Å². The lowest BCUT2D eigenvalue weighted by atomic mass is 9.76. The minimum absolute atomic E-state index is 0.444. The normalized spacial score (nSPS) is 18.2. The van der Waals surface area contributed by atoms with Gasteiger partial charge in [0.15, 0.2) is 11.5 Å². The highest BCUT2D eigenvalue weighted by atomic mass is 16.5. The zero-order chi connectivity index (χ0) is 20.9. The molecular weight excluding hydrogens is 384 g/mol. The average Bonchev–Trinajstić information content (AvgIpc) is 2.79. The van der Waals surface area contributed by atoms with Crippen molar-refractivity contribution < 1.29 is 9.47 Å². The Morgan fingerprint density at radius 3 is 1.94 bits per heavy atom. The molecule has 1 heterocycles. The second-order valence-corrected chi connectivity index (χ2v) is 8.46. The van der Waals surface area contributed by atoms with E-state index in [1.165, 1.54) is 24.8 Å². The molecule has 0 aromatic heterocycles. The van der Waals surface area contributed by atoms with E-state index in [2.05, 4.69) is 28.4 Å². The molecule has 1 aliphatic carbocycles. The molecule has 160 valence electrons. The van der Waals surface area contributed by atoms with Crippen LogP contribution in [0.3, 0.4) is 0 Å². The molecule has 1 atom stereocenters. The van der Waals surface area contributed by atoms with Crippen molar-refractivity contribution in [2.75, 3.05) is 26.2 Å². The summed E-state index contributed by atoms with van der Waals surface area (Å²) < 4.78 is 12.5. The molecule has 1 aliphatic heterocycles. The predicted molar refractivity (Wildman–Crippen MR) is 124 cm³/mol. The molecule has 1 saturated carbocycles. The predicted octanol–water partition coefficient (Wildman–Crippen LogP) is 6.02. The van der Waals surface area contributed by atoms with Crippen LogP contribution in [0, 0.1) is 5.92 Å². The van der Waals surface area contributed by atoms with Crippen molar-refractivity contribution in [3.05, 3.63) is 84.4 Å². The van der Waals surface area contributed by atoms with Crippen LogP contribution < -0.4 is 14.8 Å². The van der Waals surface area contributed by atoms with E-state index in [1.807, 2.05) is 60.7 Å². The first-order valence-electron chi connectivity index (χ1n) is 11.4. The lowest BCUT2D eigenvalue weighted by Crippen LogP contribution is -2.47. The summed E-state index contributed by atoms with van der Waals surface area (Å²) in [5.74, 6) is 3.87. The lowest BCUT2D eigenvalue weighted by molar-refractivity contribution is 0.0835. The van der Waals surface area contributed by atoms with Gasteiger partial charge in [-0.15, -0.1) is 0 Å². The van der Waals surface area contributed by atoms with Crippen molar-refractivity contribution in [2.24, 2.45) is 5.92 Å². The van der Waals surface area contributed by atoms with Gasteiger partial charge in [0.1, 0.15) is 11.5 Å². The van der Waals surface area contributed by atoms with Gasteiger partial charge in [0.05, 0.1) is 0 Å². The number of benzene rings is 3. The van der Waals surface area contributed by atoms with Crippen molar-refractivity contribution in [3.8, 4) is 23.0 Å². The van der Waals surface area contributed by atoms with E-state index >= 15 is 0 Å². The molecule has 3 aromatic rings. The Balaban J connectivity index is 1.49. The third-order valence-corrected chi connectivity index (χ3v) is 6.39. The molecule has 2 fully saturated rings. The first kappa shape index (κ1) is 20.1. The second kappa shape index (κ2) is 9.54. The molecule has 0 amide bonds. The number of piperazine rings is 1. The fraction of sp³-hybridized carbons (Fsp3) is 0.333. The van der Waals surface area contributed by atoms with Crippen LogP contribution in [0.2, 0.25) is 0 Å². The van der Waals surface area contributed by atoms with Gasteiger partial charge in [0.25, 0.3) is 0 Å². The number of nitrogens with zero attached hydrogens (tertiary/aromatic N) is 1. The number of rotatable bonds is 7. The molecule has 31 heavy (non-hydrogen) atoms. The summed E-state index contributed by atoms with van der Waals surface area (Å²) in [6.45, 7) is 4.31. The molecule has 0 radical (unpaired) electrons. The highest BCUT2D eigenvalue weighted by molar-refractivity contribution is 5.48. The van der Waals surface area contributed by atoms with Crippen molar-refractivity contribution >= 4 is 0 Å². The van der Waals surface area contributed by atoms with Crippen LogP contribution in [0.25, 0.3) is 0 Å². The molecule has 0 spiro atoms. The fourth-order valence-electron chi connectivity index (χ4n) is 4.60. The monoisotopic (exact) mass is 414 g/mol. The number of hydrogen-bond donors (Lipinski definition) is 1. The molecule has 2 aliphatic rings. The molecular formula is C27H30N2O2. The van der Waals surface area contributed by atoms with Gasteiger partial charge in [-0.25, -0.2) is 0 Å². The quantitative estimate of drug-likeness (QED) is 0.513. The molecule has 1 N–H and O–H groups in total. The van der Waals surface area contributed by atoms with Crippen molar-refractivity contribution in [3.63, 3.8) is 0 Å². The third kappa shape index (κ3) is 4.76. The van der Waals surface area contributed by atoms with E-state index < -0.39 is 0 Å². The van der Waals surface area contributed by atoms with Gasteiger partial charge in [0.2, 0.25) is 0 Å². The number of para-hydroxylation sites is 2. The molecule has 1 saturated heterocycles. The summed E-state index contributed by atoms with van der Waals surface area (Å²) in [7, 11) is 0. The summed E-state index contributed by atoms with van der Waals surface area (Å²) in [6.07, 6.45) is 3.97. The maximum absolute atomic E-state index is 6.34. The van der Waals surface area contributed by atoms with Gasteiger partial charge in [-0.3, -0.25) is 4.90 Å². The van der Waals surface area contributed by atoms with Crippen LogP contribution in [0.4, 0.5) is 0 Å². The summed E-state index contributed by atoms with van der Waals surface area (Å²) in [4.78, 5) is 2.65. The second-order valence-electron chi connectivity index (χ2n) is 8.46. The first-order chi connectivity index (χ1) is 15.4. The highest BCUT2D eigenvalue weighted by Crippen LogP contribution is 2.44. The van der Waals surface area contributed by atoms with Gasteiger partial charge >= 0.3 is 0 Å². The molecule has 4 nitrogen and oxygen atoms in total. The Morgan fingerprint density at radius 2 is 1.35 bits per heavy atom. The molecule has 3 aromatic carbocycles. The van der Waals surface area contributed by atoms with Crippen molar-refractivity contribution in [1.29, 1.82) is 0 Å². The summed E-state index contributed by atoms with van der Waals surface area (Å²) in [5, 5.41) is 3.49. The lowest BCUT2D eigenvalue weighted by Gasteiger charge is -2.43. The Kier molecular flexibility index (Phi) is 6.19.